The van der Waals surface area contributed by atoms with E-state index in [-0.39, 0.29) is 16.3 Å². The number of esters is 1. The number of rotatable bonds is 5. The topological polar surface area (TPSA) is 63.7 Å². The average molecular weight is 360 g/mol. The predicted molar refractivity (Wildman–Crippen MR) is 85.8 cm³/mol. The highest BCUT2D eigenvalue weighted by Gasteiger charge is 2.28. The van der Waals surface area contributed by atoms with E-state index in [1.54, 1.807) is 29.6 Å². The molecule has 0 fully saturated rings. The molecule has 0 spiro atoms. The number of halogens is 1. The number of hydrogen-bond acceptors (Lipinski definition) is 5. The Bertz CT molecular complexity index is 768. The van der Waals surface area contributed by atoms with Crippen molar-refractivity contribution in [2.45, 2.75) is 11.4 Å². The van der Waals surface area contributed by atoms with E-state index in [9.17, 15) is 13.2 Å². The van der Waals surface area contributed by atoms with Gasteiger partial charge >= 0.3 is 5.97 Å². The first-order chi connectivity index (χ1) is 10.4. The average Bonchev–Trinajstić information content (AvgIpc) is 2.99. The fraction of sp³-hybridized carbons (Fsp3) is 0.214. The van der Waals surface area contributed by atoms with Crippen LogP contribution in [0.3, 0.4) is 0 Å². The zero-order valence-corrected chi connectivity index (χ0v) is 14.3. The minimum Gasteiger partial charge on any atom is -0.465 e. The van der Waals surface area contributed by atoms with E-state index in [0.717, 1.165) is 16.9 Å². The highest BCUT2D eigenvalue weighted by molar-refractivity contribution is 7.89. The molecule has 0 aliphatic rings. The Balaban J connectivity index is 2.28. The largest absolute Gasteiger partial charge is 0.465 e. The Morgan fingerprint density at radius 3 is 2.50 bits per heavy atom. The number of carbonyl (C=O) groups is 1. The van der Waals surface area contributed by atoms with Crippen molar-refractivity contribution in [2.24, 2.45) is 0 Å². The summed E-state index contributed by atoms with van der Waals surface area (Å²) in [6, 6.07) is 8.31. The smallest absolute Gasteiger partial charge is 0.349 e. The molecule has 0 atom stereocenters. The van der Waals surface area contributed by atoms with Crippen molar-refractivity contribution >= 4 is 38.9 Å². The molecular weight excluding hydrogens is 346 g/mol. The van der Waals surface area contributed by atoms with Gasteiger partial charge in [-0.3, -0.25) is 0 Å². The molecule has 0 saturated heterocycles. The van der Waals surface area contributed by atoms with Gasteiger partial charge in [0.25, 0.3) is 0 Å². The van der Waals surface area contributed by atoms with Crippen molar-refractivity contribution in [3.63, 3.8) is 0 Å². The van der Waals surface area contributed by atoms with Crippen molar-refractivity contribution in [3.8, 4) is 0 Å². The summed E-state index contributed by atoms with van der Waals surface area (Å²) in [5, 5.41) is 2.13. The maximum absolute atomic E-state index is 12.6. The maximum Gasteiger partial charge on any atom is 0.349 e. The molecule has 0 saturated carbocycles. The fourth-order valence-corrected chi connectivity index (χ4v) is 4.43. The Morgan fingerprint density at radius 1 is 1.27 bits per heavy atom. The van der Waals surface area contributed by atoms with Crippen LogP contribution in [-0.2, 0) is 21.3 Å². The number of benzene rings is 1. The van der Waals surface area contributed by atoms with Crippen molar-refractivity contribution in [2.75, 3.05) is 14.2 Å². The van der Waals surface area contributed by atoms with Crippen LogP contribution in [0.1, 0.15) is 15.2 Å². The molecule has 0 amide bonds. The lowest BCUT2D eigenvalue weighted by molar-refractivity contribution is 0.0602. The second kappa shape index (κ2) is 6.78. The Hall–Kier alpha value is -1.41. The van der Waals surface area contributed by atoms with Crippen LogP contribution < -0.4 is 0 Å². The first-order valence-electron chi connectivity index (χ1n) is 6.23. The van der Waals surface area contributed by atoms with Gasteiger partial charge < -0.3 is 4.74 Å². The first-order valence-corrected chi connectivity index (χ1v) is 8.92. The van der Waals surface area contributed by atoms with Gasteiger partial charge in [0, 0.05) is 18.6 Å². The SMILES string of the molecule is COC(=O)c1sccc1S(=O)(=O)N(C)Cc1ccc(Cl)cc1. The van der Waals surface area contributed by atoms with E-state index >= 15 is 0 Å². The van der Waals surface area contributed by atoms with Crippen LogP contribution in [0.15, 0.2) is 40.6 Å². The Morgan fingerprint density at radius 2 is 1.91 bits per heavy atom. The van der Waals surface area contributed by atoms with Gasteiger partial charge in [-0.2, -0.15) is 4.31 Å². The van der Waals surface area contributed by atoms with Gasteiger partial charge in [-0.1, -0.05) is 23.7 Å². The Labute approximate surface area is 138 Å². The van der Waals surface area contributed by atoms with Crippen LogP contribution in [0.5, 0.6) is 0 Å². The molecule has 1 aromatic heterocycles. The van der Waals surface area contributed by atoms with Gasteiger partial charge in [0.15, 0.2) is 0 Å². The number of thiophene rings is 1. The number of sulfonamides is 1. The summed E-state index contributed by atoms with van der Waals surface area (Å²) in [5.74, 6) is -0.659. The highest BCUT2D eigenvalue weighted by Crippen LogP contribution is 2.26. The van der Waals surface area contributed by atoms with Crippen molar-refractivity contribution < 1.29 is 17.9 Å². The summed E-state index contributed by atoms with van der Waals surface area (Å²) in [5.41, 5.74) is 0.797. The van der Waals surface area contributed by atoms with E-state index in [1.807, 2.05) is 0 Å². The lowest BCUT2D eigenvalue weighted by Gasteiger charge is -2.17. The summed E-state index contributed by atoms with van der Waals surface area (Å²) in [7, 11) is -1.10. The van der Waals surface area contributed by atoms with Gasteiger partial charge in [-0.05, 0) is 29.1 Å². The van der Waals surface area contributed by atoms with Gasteiger partial charge in [0.05, 0.1) is 7.11 Å². The molecule has 5 nitrogen and oxygen atoms in total. The number of nitrogens with zero attached hydrogens (tertiary/aromatic N) is 1. The second-order valence-electron chi connectivity index (χ2n) is 4.49. The summed E-state index contributed by atoms with van der Waals surface area (Å²) in [4.78, 5) is 11.7. The predicted octanol–water partition coefficient (Wildman–Crippen LogP) is 3.01. The molecule has 118 valence electrons. The van der Waals surface area contributed by atoms with Crippen LogP contribution in [0.2, 0.25) is 5.02 Å². The first kappa shape index (κ1) is 17.0. The monoisotopic (exact) mass is 359 g/mol. The van der Waals surface area contributed by atoms with Gasteiger partial charge in [0.1, 0.15) is 9.77 Å². The van der Waals surface area contributed by atoms with Crippen molar-refractivity contribution in [3.05, 3.63) is 51.2 Å². The molecule has 0 radical (unpaired) electrons. The lowest BCUT2D eigenvalue weighted by Crippen LogP contribution is -2.27. The Kier molecular flexibility index (Phi) is 5.23. The van der Waals surface area contributed by atoms with Crippen molar-refractivity contribution in [1.82, 2.24) is 4.31 Å². The van der Waals surface area contributed by atoms with E-state index in [2.05, 4.69) is 4.74 Å². The standard InChI is InChI=1S/C14H14ClNO4S2/c1-16(9-10-3-5-11(15)6-4-10)22(18,19)12-7-8-21-13(12)14(17)20-2/h3-8H,9H2,1-2H3. The normalized spacial score (nSPS) is 11.6. The minimum absolute atomic E-state index is 0.0409. The van der Waals surface area contributed by atoms with E-state index in [4.69, 9.17) is 11.6 Å². The molecule has 22 heavy (non-hydrogen) atoms. The van der Waals surface area contributed by atoms with Crippen molar-refractivity contribution in [1.29, 1.82) is 0 Å². The van der Waals surface area contributed by atoms with E-state index in [0.29, 0.717) is 5.02 Å². The number of carbonyl (C=O) groups excluding carboxylic acids is 1. The molecule has 0 N–H and O–H groups in total. The van der Waals surface area contributed by atoms with Gasteiger partial charge in [-0.25, -0.2) is 13.2 Å². The third-order valence-electron chi connectivity index (χ3n) is 3.01. The molecule has 1 aromatic carbocycles. The lowest BCUT2D eigenvalue weighted by atomic mass is 10.2. The second-order valence-corrected chi connectivity index (χ2v) is 7.86. The quantitative estimate of drug-likeness (QED) is 0.770. The summed E-state index contributed by atoms with van der Waals surface area (Å²) in [6.07, 6.45) is 0. The molecule has 2 rings (SSSR count). The number of methoxy groups -OCH3 is 1. The third kappa shape index (κ3) is 3.49. The molecule has 8 heteroatoms. The minimum atomic E-state index is -3.78. The van der Waals surface area contributed by atoms with Crippen LogP contribution in [0, 0.1) is 0 Å². The molecule has 0 bridgehead atoms. The zero-order valence-electron chi connectivity index (χ0n) is 11.9. The number of ether oxygens (including phenoxy) is 1. The van der Waals surface area contributed by atoms with Gasteiger partial charge in [-0.15, -0.1) is 11.3 Å². The molecule has 0 aliphatic carbocycles. The summed E-state index contributed by atoms with van der Waals surface area (Å²) < 4.78 is 31.0. The number of hydrogen-bond donors (Lipinski definition) is 0. The summed E-state index contributed by atoms with van der Waals surface area (Å²) in [6.45, 7) is 0.177. The van der Waals surface area contributed by atoms with E-state index < -0.39 is 16.0 Å². The van der Waals surface area contributed by atoms with Crippen LogP contribution in [-0.4, -0.2) is 32.8 Å². The van der Waals surface area contributed by atoms with Crippen LogP contribution in [0.4, 0.5) is 0 Å². The van der Waals surface area contributed by atoms with E-state index in [1.165, 1.54) is 24.5 Å². The molecule has 0 aliphatic heterocycles. The molecular formula is C14H14ClNO4S2. The third-order valence-corrected chi connectivity index (χ3v) is 6.13. The molecule has 1 heterocycles. The highest BCUT2D eigenvalue weighted by atomic mass is 35.5. The molecule has 0 unspecified atom stereocenters. The zero-order chi connectivity index (χ0) is 16.3. The fourth-order valence-electron chi connectivity index (χ4n) is 1.84. The van der Waals surface area contributed by atoms with Gasteiger partial charge in [0.2, 0.25) is 10.0 Å². The van der Waals surface area contributed by atoms with Crippen LogP contribution in [0.25, 0.3) is 0 Å². The van der Waals surface area contributed by atoms with Crippen LogP contribution >= 0.6 is 22.9 Å². The molecule has 2 aromatic rings. The maximum atomic E-state index is 12.6. The summed E-state index contributed by atoms with van der Waals surface area (Å²) >= 11 is 6.85.